The summed E-state index contributed by atoms with van der Waals surface area (Å²) in [6.07, 6.45) is 6.10. The summed E-state index contributed by atoms with van der Waals surface area (Å²) < 4.78 is 22.8. The van der Waals surface area contributed by atoms with E-state index >= 15 is 0 Å². The van der Waals surface area contributed by atoms with Gasteiger partial charge in [0.1, 0.15) is 16.6 Å². The van der Waals surface area contributed by atoms with Crippen LogP contribution in [-0.2, 0) is 15.7 Å². The predicted molar refractivity (Wildman–Crippen MR) is 121 cm³/mol. The fraction of sp³-hybridized carbons (Fsp3) is 0.739. The van der Waals surface area contributed by atoms with E-state index in [-0.39, 0.29) is 11.5 Å². The van der Waals surface area contributed by atoms with Gasteiger partial charge in [-0.3, -0.25) is 0 Å². The fourth-order valence-electron chi connectivity index (χ4n) is 3.60. The second kappa shape index (κ2) is 8.75. The van der Waals surface area contributed by atoms with Gasteiger partial charge < -0.3 is 9.64 Å². The molecule has 0 N–H and O–H groups in total. The number of hydrogen-bond donors (Lipinski definition) is 0. The molecule has 164 valence electrons. The van der Waals surface area contributed by atoms with E-state index in [1.807, 2.05) is 47.6 Å². The minimum absolute atomic E-state index is 0.275. The van der Waals surface area contributed by atoms with Crippen LogP contribution in [0.1, 0.15) is 73.6 Å². The topological polar surface area (TPSA) is 59.0 Å². The summed E-state index contributed by atoms with van der Waals surface area (Å²) in [6.45, 7) is 20.9. The van der Waals surface area contributed by atoms with Crippen molar-refractivity contribution in [3.05, 3.63) is 24.8 Å². The summed E-state index contributed by atoms with van der Waals surface area (Å²) in [5.41, 5.74) is 1.12. The standard InChI is InChI=1S/C23H38N2O3S/c1-9-12-23(13-15-25(16-14-23)20(26)28-21(3,4)5)19(17(2)18-10-11-18)24-29(27)22(6,7)8/h9,18H,1-2,10-16H2,3-8H3. The minimum Gasteiger partial charge on any atom is -0.444 e. The SMILES string of the molecule is C=CCC1(C(=NS(=O)C(C)(C)C)C(=C)C2CC2)CCN(C(=O)OC(C)(C)C)CC1. The first-order valence-corrected chi connectivity index (χ1v) is 11.7. The quantitative estimate of drug-likeness (QED) is 0.422. The number of amides is 1. The van der Waals surface area contributed by atoms with E-state index in [1.54, 1.807) is 4.90 Å². The number of likely N-dealkylation sites (tertiary alicyclic amines) is 1. The molecule has 2 aliphatic rings. The van der Waals surface area contributed by atoms with Crippen LogP contribution in [0.5, 0.6) is 0 Å². The number of hydrogen-bond acceptors (Lipinski definition) is 3. The van der Waals surface area contributed by atoms with E-state index < -0.39 is 21.3 Å². The van der Waals surface area contributed by atoms with E-state index in [1.165, 1.54) is 0 Å². The number of ether oxygens (including phenoxy) is 1. The van der Waals surface area contributed by atoms with Crippen molar-refractivity contribution in [2.24, 2.45) is 15.7 Å². The summed E-state index contributed by atoms with van der Waals surface area (Å²) >= 11 is 0. The third-order valence-corrected chi connectivity index (χ3v) is 6.88. The molecule has 1 aliphatic carbocycles. The largest absolute Gasteiger partial charge is 0.444 e. The summed E-state index contributed by atoms with van der Waals surface area (Å²) in [7, 11) is -1.35. The highest BCUT2D eigenvalue weighted by molar-refractivity contribution is 7.85. The van der Waals surface area contributed by atoms with Gasteiger partial charge in [0.2, 0.25) is 0 Å². The lowest BCUT2D eigenvalue weighted by molar-refractivity contribution is 0.0158. The average molecular weight is 423 g/mol. The molecule has 6 heteroatoms. The Morgan fingerprint density at radius 1 is 1.21 bits per heavy atom. The molecular weight excluding hydrogens is 384 g/mol. The van der Waals surface area contributed by atoms with Crippen molar-refractivity contribution in [1.29, 1.82) is 0 Å². The van der Waals surface area contributed by atoms with E-state index in [2.05, 4.69) is 13.2 Å². The van der Waals surface area contributed by atoms with Crippen LogP contribution in [0.15, 0.2) is 29.2 Å². The van der Waals surface area contributed by atoms with Crippen LogP contribution in [-0.4, -0.2) is 44.4 Å². The molecule has 0 aromatic rings. The van der Waals surface area contributed by atoms with Gasteiger partial charge >= 0.3 is 6.09 Å². The first-order valence-electron chi connectivity index (χ1n) is 10.6. The van der Waals surface area contributed by atoms with Crippen LogP contribution in [0.4, 0.5) is 4.79 Å². The molecule has 0 bridgehead atoms. The van der Waals surface area contributed by atoms with E-state index in [4.69, 9.17) is 9.13 Å². The molecule has 5 nitrogen and oxygen atoms in total. The Morgan fingerprint density at radius 3 is 2.17 bits per heavy atom. The number of carbonyl (C=O) groups excluding carboxylic acids is 1. The highest BCUT2D eigenvalue weighted by atomic mass is 32.2. The maximum atomic E-state index is 12.9. The van der Waals surface area contributed by atoms with Crippen molar-refractivity contribution >= 4 is 22.8 Å². The van der Waals surface area contributed by atoms with Crippen molar-refractivity contribution in [3.63, 3.8) is 0 Å². The molecular formula is C23H38N2O3S. The lowest BCUT2D eigenvalue weighted by Crippen LogP contribution is -2.48. The van der Waals surface area contributed by atoms with Crippen LogP contribution in [0.25, 0.3) is 0 Å². The monoisotopic (exact) mass is 422 g/mol. The van der Waals surface area contributed by atoms with Gasteiger partial charge in [0.05, 0.1) is 10.5 Å². The highest BCUT2D eigenvalue weighted by Crippen LogP contribution is 2.46. The molecule has 0 aromatic heterocycles. The Kier molecular flexibility index (Phi) is 7.19. The Morgan fingerprint density at radius 2 is 1.76 bits per heavy atom. The number of allylic oxidation sites excluding steroid dienone is 2. The van der Waals surface area contributed by atoms with Crippen molar-refractivity contribution < 1.29 is 13.7 Å². The Balaban J connectivity index is 2.30. The Bertz CT molecular complexity index is 701. The van der Waals surface area contributed by atoms with Gasteiger partial charge in [-0.25, -0.2) is 9.00 Å². The van der Waals surface area contributed by atoms with Gasteiger partial charge in [-0.05, 0) is 85.1 Å². The zero-order valence-electron chi connectivity index (χ0n) is 19.0. The van der Waals surface area contributed by atoms with Crippen LogP contribution >= 0.6 is 0 Å². The van der Waals surface area contributed by atoms with Gasteiger partial charge in [-0.1, -0.05) is 12.7 Å². The molecule has 1 unspecified atom stereocenters. The molecule has 2 fully saturated rings. The number of rotatable bonds is 6. The molecule has 1 saturated heterocycles. The zero-order chi connectivity index (χ0) is 22.0. The molecule has 1 aliphatic heterocycles. The fourth-order valence-corrected chi connectivity index (χ4v) is 4.35. The Hall–Kier alpha value is -1.43. The second-order valence-electron chi connectivity index (χ2n) is 10.3. The van der Waals surface area contributed by atoms with Crippen LogP contribution in [0.2, 0.25) is 0 Å². The molecule has 1 amide bonds. The molecule has 1 atom stereocenters. The van der Waals surface area contributed by atoms with Gasteiger partial charge in [0.15, 0.2) is 0 Å². The zero-order valence-corrected chi connectivity index (χ0v) is 19.9. The van der Waals surface area contributed by atoms with Gasteiger partial charge in [-0.15, -0.1) is 6.58 Å². The molecule has 0 radical (unpaired) electrons. The molecule has 1 heterocycles. The molecule has 0 aromatic carbocycles. The van der Waals surface area contributed by atoms with Crippen molar-refractivity contribution in [2.45, 2.75) is 84.0 Å². The molecule has 29 heavy (non-hydrogen) atoms. The van der Waals surface area contributed by atoms with Crippen molar-refractivity contribution in [1.82, 2.24) is 4.90 Å². The Labute approximate surface area is 179 Å². The van der Waals surface area contributed by atoms with Gasteiger partial charge in [0, 0.05) is 18.5 Å². The summed E-state index contributed by atoms with van der Waals surface area (Å²) in [4.78, 5) is 14.3. The van der Waals surface area contributed by atoms with Crippen LogP contribution < -0.4 is 0 Å². The lowest BCUT2D eigenvalue weighted by Gasteiger charge is -2.43. The van der Waals surface area contributed by atoms with E-state index in [9.17, 15) is 9.00 Å². The first kappa shape index (κ1) is 23.8. The molecule has 1 saturated carbocycles. The second-order valence-corrected chi connectivity index (χ2v) is 12.2. The van der Waals surface area contributed by atoms with Crippen molar-refractivity contribution in [3.8, 4) is 0 Å². The number of nitrogens with zero attached hydrogens (tertiary/aromatic N) is 2. The minimum atomic E-state index is -1.35. The van der Waals surface area contributed by atoms with E-state index in [0.717, 1.165) is 43.4 Å². The third-order valence-electron chi connectivity index (χ3n) is 5.48. The maximum absolute atomic E-state index is 12.9. The molecule has 0 spiro atoms. The maximum Gasteiger partial charge on any atom is 0.410 e. The van der Waals surface area contributed by atoms with E-state index in [0.29, 0.717) is 19.0 Å². The lowest BCUT2D eigenvalue weighted by atomic mass is 9.69. The number of piperidine rings is 1. The van der Waals surface area contributed by atoms with Gasteiger partial charge in [-0.2, -0.15) is 4.40 Å². The third kappa shape index (κ3) is 6.27. The highest BCUT2D eigenvalue weighted by Gasteiger charge is 2.44. The van der Waals surface area contributed by atoms with Gasteiger partial charge in [0.25, 0.3) is 0 Å². The summed E-state index contributed by atoms with van der Waals surface area (Å²) in [6, 6.07) is 0. The normalized spacial score (nSPS) is 21.4. The number of carbonyl (C=O) groups is 1. The van der Waals surface area contributed by atoms with Crippen LogP contribution in [0, 0.1) is 11.3 Å². The predicted octanol–water partition coefficient (Wildman–Crippen LogP) is 5.45. The summed E-state index contributed by atoms with van der Waals surface area (Å²) in [5.74, 6) is 0.441. The average Bonchev–Trinajstić information content (AvgIpc) is 3.42. The van der Waals surface area contributed by atoms with Crippen molar-refractivity contribution in [2.75, 3.05) is 13.1 Å². The van der Waals surface area contributed by atoms with Crippen LogP contribution in [0.3, 0.4) is 0 Å². The smallest absolute Gasteiger partial charge is 0.410 e. The summed E-state index contributed by atoms with van der Waals surface area (Å²) in [5, 5.41) is 0. The molecule has 2 rings (SSSR count). The first-order chi connectivity index (χ1) is 13.3.